The molecule has 0 bridgehead atoms. The highest BCUT2D eigenvalue weighted by atomic mass is 32.2. The molecule has 84 valence electrons. The summed E-state index contributed by atoms with van der Waals surface area (Å²) in [5.41, 5.74) is 0. The second-order valence-corrected chi connectivity index (χ2v) is 5.19. The highest BCUT2D eigenvalue weighted by Gasteiger charge is 2.22. The number of aromatic carboxylic acids is 1. The zero-order valence-electron chi connectivity index (χ0n) is 7.50. The summed E-state index contributed by atoms with van der Waals surface area (Å²) >= 11 is 0.837. The van der Waals surface area contributed by atoms with Crippen LogP contribution in [0.1, 0.15) is 9.67 Å². The van der Waals surface area contributed by atoms with E-state index in [1.807, 2.05) is 0 Å². The van der Waals surface area contributed by atoms with Crippen LogP contribution < -0.4 is 4.72 Å². The third-order valence-electron chi connectivity index (χ3n) is 1.52. The second kappa shape index (κ2) is 4.71. The number of carboxylic acid groups (broad SMARTS) is 1. The number of hydrogen-bond donors (Lipinski definition) is 3. The normalized spacial score (nSPS) is 11.5. The Morgan fingerprint density at radius 1 is 1.53 bits per heavy atom. The van der Waals surface area contributed by atoms with E-state index in [0.29, 0.717) is 0 Å². The Bertz CT molecular complexity index is 450. The minimum atomic E-state index is -3.84. The van der Waals surface area contributed by atoms with Crippen LogP contribution in [0.15, 0.2) is 16.3 Å². The summed E-state index contributed by atoms with van der Waals surface area (Å²) in [5, 5.41) is 18.6. The molecular weight excluding hydrogens is 242 g/mol. The molecule has 0 aromatic carbocycles. The van der Waals surface area contributed by atoms with E-state index in [1.54, 1.807) is 0 Å². The molecular formula is C7H9NO5S2. The van der Waals surface area contributed by atoms with Crippen molar-refractivity contribution in [1.29, 1.82) is 0 Å². The van der Waals surface area contributed by atoms with Crippen LogP contribution in [0.2, 0.25) is 0 Å². The Labute approximate surface area is 90.2 Å². The van der Waals surface area contributed by atoms with Crippen molar-refractivity contribution in [2.45, 2.75) is 4.90 Å². The van der Waals surface area contributed by atoms with E-state index in [9.17, 15) is 13.2 Å². The average Bonchev–Trinajstić information content (AvgIpc) is 2.63. The molecule has 3 N–H and O–H groups in total. The number of carboxylic acids is 1. The molecule has 0 unspecified atom stereocenters. The lowest BCUT2D eigenvalue weighted by molar-refractivity contribution is 0.0698. The lowest BCUT2D eigenvalue weighted by Gasteiger charge is -2.03. The van der Waals surface area contributed by atoms with E-state index in [2.05, 4.69) is 4.72 Å². The van der Waals surface area contributed by atoms with Crippen molar-refractivity contribution in [3.63, 3.8) is 0 Å². The molecule has 1 heterocycles. The Hall–Kier alpha value is -0.960. The monoisotopic (exact) mass is 251 g/mol. The van der Waals surface area contributed by atoms with Gasteiger partial charge in [-0.1, -0.05) is 0 Å². The Morgan fingerprint density at radius 2 is 2.20 bits per heavy atom. The SMILES string of the molecule is O=C(O)c1sccc1S(=O)(=O)NCCO. The van der Waals surface area contributed by atoms with E-state index >= 15 is 0 Å². The molecule has 8 heteroatoms. The first kappa shape index (κ1) is 12.1. The van der Waals surface area contributed by atoms with E-state index in [-0.39, 0.29) is 22.9 Å². The molecule has 0 amide bonds. The largest absolute Gasteiger partial charge is 0.477 e. The summed E-state index contributed by atoms with van der Waals surface area (Å²) in [6, 6.07) is 1.22. The maximum atomic E-state index is 11.5. The minimum absolute atomic E-state index is 0.142. The standard InChI is InChI=1S/C7H9NO5S2/c9-3-2-8-15(12,13)5-1-4-14-6(5)7(10)11/h1,4,8-9H,2-3H2,(H,10,11). The molecule has 0 fully saturated rings. The molecule has 0 spiro atoms. The molecule has 0 aliphatic rings. The summed E-state index contributed by atoms with van der Waals surface area (Å²) in [6.45, 7) is -0.483. The number of aliphatic hydroxyl groups excluding tert-OH is 1. The van der Waals surface area contributed by atoms with Crippen LogP contribution in [0.25, 0.3) is 0 Å². The van der Waals surface area contributed by atoms with Gasteiger partial charge in [0, 0.05) is 6.54 Å². The molecule has 0 aliphatic heterocycles. The van der Waals surface area contributed by atoms with Crippen molar-refractivity contribution in [2.75, 3.05) is 13.2 Å². The predicted molar refractivity (Wildman–Crippen MR) is 53.6 cm³/mol. The molecule has 1 rings (SSSR count). The van der Waals surface area contributed by atoms with Crippen LogP contribution in [0.3, 0.4) is 0 Å². The Kier molecular flexibility index (Phi) is 3.80. The number of hydrogen-bond acceptors (Lipinski definition) is 5. The van der Waals surface area contributed by atoms with Gasteiger partial charge in [-0.05, 0) is 11.4 Å². The first-order valence-electron chi connectivity index (χ1n) is 3.90. The zero-order chi connectivity index (χ0) is 11.5. The average molecular weight is 251 g/mol. The van der Waals surface area contributed by atoms with Crippen molar-refractivity contribution < 1.29 is 23.4 Å². The number of rotatable bonds is 5. The summed E-state index contributed by atoms with van der Waals surface area (Å²) < 4.78 is 25.1. The summed E-state index contributed by atoms with van der Waals surface area (Å²) in [7, 11) is -3.84. The van der Waals surface area contributed by atoms with Crippen LogP contribution in [0.4, 0.5) is 0 Å². The Morgan fingerprint density at radius 3 is 2.73 bits per heavy atom. The number of thiophene rings is 1. The first-order valence-corrected chi connectivity index (χ1v) is 6.26. The lowest BCUT2D eigenvalue weighted by Crippen LogP contribution is -2.27. The summed E-state index contributed by atoms with van der Waals surface area (Å²) in [4.78, 5) is 10.2. The highest BCUT2D eigenvalue weighted by molar-refractivity contribution is 7.89. The lowest BCUT2D eigenvalue weighted by atomic mass is 10.5. The number of nitrogens with one attached hydrogen (secondary N) is 1. The van der Waals surface area contributed by atoms with Crippen LogP contribution in [0.5, 0.6) is 0 Å². The van der Waals surface area contributed by atoms with Gasteiger partial charge in [-0.15, -0.1) is 11.3 Å². The third-order valence-corrected chi connectivity index (χ3v) is 4.05. The fourth-order valence-corrected chi connectivity index (χ4v) is 3.20. The van der Waals surface area contributed by atoms with Gasteiger partial charge in [0.2, 0.25) is 10.0 Å². The molecule has 0 aliphatic carbocycles. The van der Waals surface area contributed by atoms with Crippen molar-refractivity contribution >= 4 is 27.3 Å². The van der Waals surface area contributed by atoms with Gasteiger partial charge in [-0.25, -0.2) is 17.9 Å². The summed E-state index contributed by atoms with van der Waals surface area (Å²) in [6.07, 6.45) is 0. The van der Waals surface area contributed by atoms with Crippen molar-refractivity contribution in [3.8, 4) is 0 Å². The second-order valence-electron chi connectivity index (χ2n) is 2.54. The highest BCUT2D eigenvalue weighted by Crippen LogP contribution is 2.21. The maximum Gasteiger partial charge on any atom is 0.347 e. The fraction of sp³-hybridized carbons (Fsp3) is 0.286. The van der Waals surface area contributed by atoms with E-state index in [1.165, 1.54) is 11.4 Å². The zero-order valence-corrected chi connectivity index (χ0v) is 9.14. The number of carbonyl (C=O) groups is 1. The smallest absolute Gasteiger partial charge is 0.347 e. The quantitative estimate of drug-likeness (QED) is 0.667. The van der Waals surface area contributed by atoms with Crippen LogP contribution in [0, 0.1) is 0 Å². The van der Waals surface area contributed by atoms with Crippen molar-refractivity contribution in [2.24, 2.45) is 0 Å². The van der Waals surface area contributed by atoms with Gasteiger partial charge < -0.3 is 10.2 Å². The summed E-state index contributed by atoms with van der Waals surface area (Å²) in [5.74, 6) is -1.28. The van der Waals surface area contributed by atoms with E-state index in [4.69, 9.17) is 10.2 Å². The number of aliphatic hydroxyl groups is 1. The molecule has 6 nitrogen and oxygen atoms in total. The minimum Gasteiger partial charge on any atom is -0.477 e. The van der Waals surface area contributed by atoms with Crippen molar-refractivity contribution in [1.82, 2.24) is 4.72 Å². The van der Waals surface area contributed by atoms with Crippen LogP contribution in [-0.4, -0.2) is 37.8 Å². The van der Waals surface area contributed by atoms with Crippen molar-refractivity contribution in [3.05, 3.63) is 16.3 Å². The van der Waals surface area contributed by atoms with Gasteiger partial charge in [0.05, 0.1) is 6.61 Å². The Balaban J connectivity index is 3.05. The molecule has 1 aromatic rings. The maximum absolute atomic E-state index is 11.5. The molecule has 0 saturated carbocycles. The predicted octanol–water partition coefficient (Wildman–Crippen LogP) is -0.283. The van der Waals surface area contributed by atoms with E-state index in [0.717, 1.165) is 11.3 Å². The van der Waals surface area contributed by atoms with Gasteiger partial charge in [0.15, 0.2) is 0 Å². The van der Waals surface area contributed by atoms with Crippen LogP contribution in [-0.2, 0) is 10.0 Å². The first-order chi connectivity index (χ1) is 6.99. The topological polar surface area (TPSA) is 104 Å². The van der Waals surface area contributed by atoms with Crippen LogP contribution >= 0.6 is 11.3 Å². The van der Waals surface area contributed by atoms with Gasteiger partial charge in [0.25, 0.3) is 0 Å². The van der Waals surface area contributed by atoms with E-state index < -0.39 is 16.0 Å². The molecule has 0 radical (unpaired) electrons. The fourth-order valence-electron chi connectivity index (χ4n) is 0.923. The molecule has 15 heavy (non-hydrogen) atoms. The van der Waals surface area contributed by atoms with Gasteiger partial charge in [0.1, 0.15) is 9.77 Å². The number of sulfonamides is 1. The third kappa shape index (κ3) is 2.75. The molecule has 0 atom stereocenters. The molecule has 1 aromatic heterocycles. The van der Waals surface area contributed by atoms with Gasteiger partial charge in [-0.2, -0.15) is 0 Å². The van der Waals surface area contributed by atoms with Gasteiger partial charge >= 0.3 is 5.97 Å². The van der Waals surface area contributed by atoms with Gasteiger partial charge in [-0.3, -0.25) is 0 Å². The molecule has 0 saturated heterocycles.